The molecule has 4 rings (SSSR count). The van der Waals surface area contributed by atoms with Gasteiger partial charge in [0.1, 0.15) is 0 Å². The van der Waals surface area contributed by atoms with E-state index in [0.29, 0.717) is 11.9 Å². The first-order valence-electron chi connectivity index (χ1n) is 12.1. The molecule has 0 bridgehead atoms. The summed E-state index contributed by atoms with van der Waals surface area (Å²) in [6.07, 6.45) is 12.4. The molecule has 33 heavy (non-hydrogen) atoms. The van der Waals surface area contributed by atoms with E-state index in [1.54, 1.807) is 12.2 Å². The Bertz CT molecular complexity index is 1110. The molecule has 2 heterocycles. The second kappa shape index (κ2) is 11.7. The number of allylic oxidation sites excluding steroid dienone is 3. The number of hydrogen-bond donors (Lipinski definition) is 3. The van der Waals surface area contributed by atoms with E-state index in [0.717, 1.165) is 30.6 Å². The van der Waals surface area contributed by atoms with E-state index >= 15 is 0 Å². The van der Waals surface area contributed by atoms with E-state index in [2.05, 4.69) is 84.6 Å². The summed E-state index contributed by atoms with van der Waals surface area (Å²) in [5, 5.41) is 12.1. The Morgan fingerprint density at radius 3 is 2.70 bits per heavy atom. The van der Waals surface area contributed by atoms with E-state index in [4.69, 9.17) is 5.73 Å². The minimum absolute atomic E-state index is 0.609. The fourth-order valence-electron chi connectivity index (χ4n) is 4.74. The normalized spacial score (nSPS) is 13.9. The van der Waals surface area contributed by atoms with Crippen LogP contribution in [-0.4, -0.2) is 27.9 Å². The van der Waals surface area contributed by atoms with Crippen LogP contribution in [0.4, 0.5) is 5.82 Å². The van der Waals surface area contributed by atoms with Crippen LogP contribution in [0.25, 0.3) is 16.5 Å². The van der Waals surface area contributed by atoms with E-state index < -0.39 is 0 Å². The van der Waals surface area contributed by atoms with Crippen LogP contribution in [0.1, 0.15) is 62.8 Å². The Labute approximate surface area is 198 Å². The number of hydrogen-bond acceptors (Lipinski definition) is 3. The molecular weight excluding hydrogens is 406 g/mol. The number of H-pyrrole nitrogens is 1. The van der Waals surface area contributed by atoms with Gasteiger partial charge >= 0.3 is 0 Å². The number of fused-ring (bicyclic) bond motifs is 2. The Hall–Kier alpha value is -3.05. The number of nitrogen functional groups attached to an aromatic ring is 1. The molecule has 176 valence electrons. The molecule has 1 aromatic carbocycles. The molecule has 0 aliphatic heterocycles. The molecule has 0 fully saturated rings. The van der Waals surface area contributed by atoms with Crippen molar-refractivity contribution in [3.8, 4) is 0 Å². The van der Waals surface area contributed by atoms with Gasteiger partial charge in [-0.2, -0.15) is 5.10 Å². The van der Waals surface area contributed by atoms with Crippen LogP contribution in [0.5, 0.6) is 0 Å². The Morgan fingerprint density at radius 1 is 1.21 bits per heavy atom. The monoisotopic (exact) mass is 445 g/mol. The molecule has 0 amide bonds. The summed E-state index contributed by atoms with van der Waals surface area (Å²) < 4.78 is 2.39. The first-order valence-corrected chi connectivity index (χ1v) is 12.1. The third-order valence-electron chi connectivity index (χ3n) is 6.52. The maximum atomic E-state index is 6.19. The third kappa shape index (κ3) is 5.66. The smallest absolute Gasteiger partial charge is 0.153 e. The van der Waals surface area contributed by atoms with Gasteiger partial charge in [-0.25, -0.2) is 0 Å². The van der Waals surface area contributed by atoms with Crippen molar-refractivity contribution in [1.82, 2.24) is 20.1 Å². The van der Waals surface area contributed by atoms with Crippen molar-refractivity contribution in [2.24, 2.45) is 0 Å². The molecule has 4 N–H and O–H groups in total. The maximum absolute atomic E-state index is 6.19. The van der Waals surface area contributed by atoms with Crippen LogP contribution in [0.2, 0.25) is 0 Å². The lowest BCUT2D eigenvalue weighted by Crippen LogP contribution is -2.25. The fourth-order valence-corrected chi connectivity index (χ4v) is 4.74. The van der Waals surface area contributed by atoms with E-state index in [9.17, 15) is 0 Å². The number of benzene rings is 1. The summed E-state index contributed by atoms with van der Waals surface area (Å²) in [5.41, 5.74) is 13.6. The summed E-state index contributed by atoms with van der Waals surface area (Å²) in [6.45, 7) is 12.3. The Kier molecular flexibility index (Phi) is 8.72. The molecule has 1 aliphatic carbocycles. The predicted octanol–water partition coefficient (Wildman–Crippen LogP) is 6.24. The zero-order valence-corrected chi connectivity index (χ0v) is 20.5. The van der Waals surface area contributed by atoms with Gasteiger partial charge in [-0.05, 0) is 75.4 Å². The van der Waals surface area contributed by atoms with Crippen LogP contribution < -0.4 is 11.1 Å². The highest BCUT2D eigenvalue weighted by atomic mass is 15.2. The number of nitrogens with two attached hydrogens (primary N) is 1. The van der Waals surface area contributed by atoms with Crippen molar-refractivity contribution in [3.63, 3.8) is 0 Å². The van der Waals surface area contributed by atoms with Gasteiger partial charge in [0.25, 0.3) is 0 Å². The SMILES string of the molecule is C=CC=C.CCCC(CCCn1ccc2cc(C3=C(C)CCc4[nH]nc(N)c43)ccc21)NC. The van der Waals surface area contributed by atoms with Crippen LogP contribution in [0.15, 0.2) is 61.3 Å². The van der Waals surface area contributed by atoms with Crippen LogP contribution in [-0.2, 0) is 13.0 Å². The van der Waals surface area contributed by atoms with Gasteiger partial charge in [-0.15, -0.1) is 0 Å². The number of aromatic amines is 1. The molecule has 1 atom stereocenters. The van der Waals surface area contributed by atoms with E-state index in [1.807, 2.05) is 0 Å². The lowest BCUT2D eigenvalue weighted by molar-refractivity contribution is 0.453. The van der Waals surface area contributed by atoms with Crippen molar-refractivity contribution in [2.75, 3.05) is 12.8 Å². The predicted molar refractivity (Wildman–Crippen MR) is 142 cm³/mol. The Balaban J connectivity index is 0.000000709. The average molecular weight is 446 g/mol. The molecule has 0 spiro atoms. The van der Waals surface area contributed by atoms with E-state index in [-0.39, 0.29) is 0 Å². The lowest BCUT2D eigenvalue weighted by Gasteiger charge is -2.19. The number of anilines is 1. The van der Waals surface area contributed by atoms with Crippen LogP contribution in [0, 0.1) is 0 Å². The molecule has 5 heteroatoms. The second-order valence-electron chi connectivity index (χ2n) is 8.79. The number of nitrogens with one attached hydrogen (secondary N) is 2. The number of aromatic nitrogens is 3. The largest absolute Gasteiger partial charge is 0.382 e. The number of aryl methyl sites for hydroxylation is 2. The average Bonchev–Trinajstić information content (AvgIpc) is 3.41. The fraction of sp³-hybridized carbons (Fsp3) is 0.393. The van der Waals surface area contributed by atoms with Crippen molar-refractivity contribution in [1.29, 1.82) is 0 Å². The summed E-state index contributed by atoms with van der Waals surface area (Å²) >= 11 is 0. The topological polar surface area (TPSA) is 71.7 Å². The molecule has 1 unspecified atom stereocenters. The van der Waals surface area contributed by atoms with Gasteiger partial charge in [0.05, 0.1) is 0 Å². The van der Waals surface area contributed by atoms with Crippen molar-refractivity contribution < 1.29 is 0 Å². The Morgan fingerprint density at radius 2 is 2.00 bits per heavy atom. The first-order chi connectivity index (χ1) is 16.0. The van der Waals surface area contributed by atoms with Crippen LogP contribution >= 0.6 is 0 Å². The summed E-state index contributed by atoms with van der Waals surface area (Å²) in [6, 6.07) is 9.67. The molecule has 0 radical (unpaired) electrons. The summed E-state index contributed by atoms with van der Waals surface area (Å²) in [5.74, 6) is 0.609. The summed E-state index contributed by atoms with van der Waals surface area (Å²) in [4.78, 5) is 0. The zero-order chi connectivity index (χ0) is 23.8. The second-order valence-corrected chi connectivity index (χ2v) is 8.79. The van der Waals surface area contributed by atoms with Gasteiger partial charge in [0.2, 0.25) is 0 Å². The van der Waals surface area contributed by atoms with Crippen molar-refractivity contribution in [2.45, 2.75) is 65.0 Å². The molecule has 5 nitrogen and oxygen atoms in total. The number of rotatable bonds is 9. The van der Waals surface area contributed by atoms with E-state index in [1.165, 1.54) is 53.3 Å². The van der Waals surface area contributed by atoms with Gasteiger partial charge in [-0.3, -0.25) is 5.10 Å². The van der Waals surface area contributed by atoms with Gasteiger partial charge in [0.15, 0.2) is 5.82 Å². The third-order valence-corrected chi connectivity index (χ3v) is 6.52. The van der Waals surface area contributed by atoms with Gasteiger partial charge in [0, 0.05) is 40.9 Å². The minimum atomic E-state index is 0.609. The molecule has 3 aromatic rings. The molecule has 0 saturated heterocycles. The minimum Gasteiger partial charge on any atom is -0.382 e. The highest BCUT2D eigenvalue weighted by Crippen LogP contribution is 2.38. The molecular formula is C28H39N5. The lowest BCUT2D eigenvalue weighted by atomic mass is 9.85. The van der Waals surface area contributed by atoms with Crippen LogP contribution in [0.3, 0.4) is 0 Å². The number of nitrogens with zero attached hydrogens (tertiary/aromatic N) is 2. The quantitative estimate of drug-likeness (QED) is 0.341. The molecule has 2 aromatic heterocycles. The zero-order valence-electron chi connectivity index (χ0n) is 20.5. The highest BCUT2D eigenvalue weighted by molar-refractivity contribution is 5.92. The summed E-state index contributed by atoms with van der Waals surface area (Å²) in [7, 11) is 2.08. The van der Waals surface area contributed by atoms with Gasteiger partial charge < -0.3 is 15.6 Å². The highest BCUT2D eigenvalue weighted by Gasteiger charge is 2.23. The first kappa shape index (κ1) is 24.6. The molecule has 0 saturated carbocycles. The standard InChI is InChI=1S/C24H33N5.C4H6/c1-4-6-19(26-3)7-5-13-29-14-12-17-15-18(9-11-21(17)29)22-16(2)8-10-20-23(22)24(25)28-27-20;1-3-4-2/h9,11-12,14-15,19,26H,4-8,10,13H2,1-3H3,(H3,25,27,28);3-4H,1-2H2. The molecule has 1 aliphatic rings. The van der Waals surface area contributed by atoms with Crippen molar-refractivity contribution in [3.05, 3.63) is 78.2 Å². The van der Waals surface area contributed by atoms with Gasteiger partial charge in [-0.1, -0.05) is 50.3 Å². The van der Waals surface area contributed by atoms with Crippen molar-refractivity contribution >= 4 is 22.3 Å². The maximum Gasteiger partial charge on any atom is 0.153 e.